The van der Waals surface area contributed by atoms with Gasteiger partial charge in [-0.3, -0.25) is 0 Å². The minimum Gasteiger partial charge on any atom is -0.508 e. The first-order valence-corrected chi connectivity index (χ1v) is 6.91. The third-order valence-electron chi connectivity index (χ3n) is 2.63. The van der Waals surface area contributed by atoms with Gasteiger partial charge in [-0.25, -0.2) is 0 Å². The van der Waals surface area contributed by atoms with Crippen LogP contribution in [0.4, 0.5) is 0 Å². The molecule has 3 rings (SSSR count). The molecule has 5 nitrogen and oxygen atoms in total. The number of fused-ring (bicyclic) bond motifs is 1. The fourth-order valence-electron chi connectivity index (χ4n) is 1.81. The summed E-state index contributed by atoms with van der Waals surface area (Å²) in [4.78, 5) is 0.130. The molecule has 0 atom stereocenters. The molecule has 96 valence electrons. The van der Waals surface area contributed by atoms with Gasteiger partial charge < -0.3 is 9.84 Å². The van der Waals surface area contributed by atoms with E-state index in [0.717, 1.165) is 0 Å². The second-order valence-electron chi connectivity index (χ2n) is 3.97. The zero-order valence-electron chi connectivity index (χ0n) is 9.65. The molecular weight excluding hydrogens is 266 g/mol. The number of aromatic hydroxyl groups is 1. The molecule has 0 spiro atoms. The van der Waals surface area contributed by atoms with Crippen molar-refractivity contribution < 1.29 is 18.3 Å². The van der Waals surface area contributed by atoms with Gasteiger partial charge in [0, 0.05) is 6.07 Å². The van der Waals surface area contributed by atoms with Crippen LogP contribution < -0.4 is 4.74 Å². The van der Waals surface area contributed by atoms with Gasteiger partial charge >= 0.3 is 0 Å². The predicted molar refractivity (Wildman–Crippen MR) is 68.9 cm³/mol. The van der Waals surface area contributed by atoms with E-state index in [1.54, 1.807) is 30.3 Å². The molecule has 19 heavy (non-hydrogen) atoms. The Morgan fingerprint density at radius 2 is 1.84 bits per heavy atom. The molecule has 2 aromatic carbocycles. The Morgan fingerprint density at radius 3 is 2.63 bits per heavy atom. The van der Waals surface area contributed by atoms with E-state index < -0.39 is 10.0 Å². The smallest absolute Gasteiger partial charge is 0.286 e. The highest BCUT2D eigenvalue weighted by atomic mass is 32.2. The van der Waals surface area contributed by atoms with Crippen LogP contribution in [0, 0.1) is 0 Å². The van der Waals surface area contributed by atoms with Gasteiger partial charge in [-0.1, -0.05) is 18.2 Å². The molecular formula is C13H9NO4S. The van der Waals surface area contributed by atoms with Gasteiger partial charge in [-0.15, -0.1) is 4.40 Å². The zero-order valence-corrected chi connectivity index (χ0v) is 10.5. The number of benzene rings is 2. The van der Waals surface area contributed by atoms with E-state index in [-0.39, 0.29) is 16.5 Å². The Balaban J connectivity index is 2.04. The van der Waals surface area contributed by atoms with Crippen molar-refractivity contribution in [2.24, 2.45) is 4.40 Å². The molecule has 0 amide bonds. The number of sulfonamides is 1. The van der Waals surface area contributed by atoms with Crippen LogP contribution in [0.1, 0.15) is 5.56 Å². The SMILES string of the molecule is O=S1(=O)N=C(Oc2cccc(O)c2)c2ccccc21. The van der Waals surface area contributed by atoms with E-state index in [2.05, 4.69) is 4.40 Å². The molecule has 1 heterocycles. The van der Waals surface area contributed by atoms with Gasteiger partial charge in [0.25, 0.3) is 10.0 Å². The summed E-state index contributed by atoms with van der Waals surface area (Å²) in [5, 5.41) is 9.35. The maximum Gasteiger partial charge on any atom is 0.286 e. The predicted octanol–water partition coefficient (Wildman–Crippen LogP) is 1.92. The van der Waals surface area contributed by atoms with Crippen molar-refractivity contribution in [3.63, 3.8) is 0 Å². The number of ether oxygens (including phenoxy) is 1. The summed E-state index contributed by atoms with van der Waals surface area (Å²) in [6.45, 7) is 0. The van der Waals surface area contributed by atoms with Crippen LogP contribution in [0.15, 0.2) is 57.8 Å². The van der Waals surface area contributed by atoms with Crippen molar-refractivity contribution >= 4 is 15.9 Å². The lowest BCUT2D eigenvalue weighted by Crippen LogP contribution is -2.07. The van der Waals surface area contributed by atoms with Crippen LogP contribution in [-0.2, 0) is 10.0 Å². The Morgan fingerprint density at radius 1 is 1.05 bits per heavy atom. The van der Waals surface area contributed by atoms with E-state index in [1.807, 2.05) is 0 Å². The largest absolute Gasteiger partial charge is 0.508 e. The summed E-state index contributed by atoms with van der Waals surface area (Å²) in [5.41, 5.74) is 0.422. The fourth-order valence-corrected chi connectivity index (χ4v) is 2.94. The van der Waals surface area contributed by atoms with E-state index in [1.165, 1.54) is 18.2 Å². The molecule has 0 unspecified atom stereocenters. The van der Waals surface area contributed by atoms with Gasteiger partial charge in [-0.05, 0) is 24.3 Å². The topological polar surface area (TPSA) is 76.0 Å². The maximum absolute atomic E-state index is 11.8. The number of nitrogens with zero attached hydrogens (tertiary/aromatic N) is 1. The van der Waals surface area contributed by atoms with Crippen LogP contribution >= 0.6 is 0 Å². The Bertz CT molecular complexity index is 781. The lowest BCUT2D eigenvalue weighted by molar-refractivity contribution is 0.469. The first-order chi connectivity index (χ1) is 9.06. The standard InChI is InChI=1S/C13H9NO4S/c15-9-4-3-5-10(8-9)18-13-11-6-1-2-7-12(11)19(16,17)14-13/h1-8,15H. The summed E-state index contributed by atoms with van der Waals surface area (Å²) in [5.74, 6) is 0.374. The van der Waals surface area contributed by atoms with Gasteiger partial charge in [0.05, 0.1) is 5.56 Å². The van der Waals surface area contributed by atoms with Crippen molar-refractivity contribution in [1.29, 1.82) is 0 Å². The molecule has 0 fully saturated rings. The molecule has 6 heteroatoms. The normalized spacial score (nSPS) is 15.7. The average molecular weight is 275 g/mol. The minimum absolute atomic E-state index is 0.0150. The molecule has 0 bridgehead atoms. The van der Waals surface area contributed by atoms with Crippen molar-refractivity contribution in [2.75, 3.05) is 0 Å². The fraction of sp³-hybridized carbons (Fsp3) is 0. The lowest BCUT2D eigenvalue weighted by Gasteiger charge is -2.05. The van der Waals surface area contributed by atoms with Gasteiger partial charge in [0.1, 0.15) is 16.4 Å². The van der Waals surface area contributed by atoms with E-state index >= 15 is 0 Å². The van der Waals surface area contributed by atoms with Crippen LogP contribution in [0.3, 0.4) is 0 Å². The molecule has 0 saturated heterocycles. The van der Waals surface area contributed by atoms with Crippen molar-refractivity contribution in [1.82, 2.24) is 0 Å². The van der Waals surface area contributed by atoms with E-state index in [4.69, 9.17) is 4.74 Å². The van der Waals surface area contributed by atoms with Gasteiger partial charge in [0.15, 0.2) is 0 Å². The van der Waals surface area contributed by atoms with Crippen LogP contribution in [0.5, 0.6) is 11.5 Å². The maximum atomic E-state index is 11.8. The van der Waals surface area contributed by atoms with E-state index in [9.17, 15) is 13.5 Å². The third kappa shape index (κ3) is 2.06. The Labute approximate surface area is 109 Å². The van der Waals surface area contributed by atoms with E-state index in [0.29, 0.717) is 11.3 Å². The average Bonchev–Trinajstić information content (AvgIpc) is 2.62. The first-order valence-electron chi connectivity index (χ1n) is 5.47. The van der Waals surface area contributed by atoms with Crippen molar-refractivity contribution in [2.45, 2.75) is 4.90 Å². The third-order valence-corrected chi connectivity index (χ3v) is 3.95. The number of rotatable bonds is 1. The molecule has 2 aromatic rings. The van der Waals surface area contributed by atoms with Gasteiger partial charge in [-0.2, -0.15) is 8.42 Å². The zero-order chi connectivity index (χ0) is 13.5. The highest BCUT2D eigenvalue weighted by molar-refractivity contribution is 7.90. The minimum atomic E-state index is -3.68. The number of phenols is 1. The van der Waals surface area contributed by atoms with Crippen LogP contribution in [0.25, 0.3) is 0 Å². The molecule has 1 N–H and O–H groups in total. The van der Waals surface area contributed by atoms with Crippen LogP contribution in [0.2, 0.25) is 0 Å². The molecule has 0 saturated carbocycles. The summed E-state index contributed by atoms with van der Waals surface area (Å²) >= 11 is 0. The molecule has 0 aromatic heterocycles. The summed E-state index contributed by atoms with van der Waals surface area (Å²) in [6, 6.07) is 12.5. The summed E-state index contributed by atoms with van der Waals surface area (Å²) < 4.78 is 32.6. The number of phenolic OH excluding ortho intramolecular Hbond substituents is 1. The second kappa shape index (κ2) is 4.10. The Kier molecular flexibility index (Phi) is 2.53. The second-order valence-corrected chi connectivity index (χ2v) is 5.54. The van der Waals surface area contributed by atoms with Crippen molar-refractivity contribution in [3.05, 3.63) is 54.1 Å². The summed E-state index contributed by atoms with van der Waals surface area (Å²) in [6.07, 6.45) is 0. The molecule has 1 aliphatic rings. The highest BCUT2D eigenvalue weighted by Crippen LogP contribution is 2.28. The van der Waals surface area contributed by atoms with Crippen molar-refractivity contribution in [3.8, 4) is 11.5 Å². The van der Waals surface area contributed by atoms with Gasteiger partial charge in [0.2, 0.25) is 5.90 Å². The quantitative estimate of drug-likeness (QED) is 0.862. The highest BCUT2D eigenvalue weighted by Gasteiger charge is 2.29. The number of hydrogen-bond donors (Lipinski definition) is 1. The number of hydrogen-bond acceptors (Lipinski definition) is 4. The van der Waals surface area contributed by atoms with Crippen LogP contribution in [-0.4, -0.2) is 19.4 Å². The summed E-state index contributed by atoms with van der Waals surface area (Å²) in [7, 11) is -3.68. The molecule has 1 aliphatic heterocycles. The Hall–Kier alpha value is -2.34. The molecule has 0 aliphatic carbocycles. The lowest BCUT2D eigenvalue weighted by atomic mass is 10.2. The first kappa shape index (κ1) is 11.7. The molecule has 0 radical (unpaired) electrons. The monoisotopic (exact) mass is 275 g/mol.